The lowest BCUT2D eigenvalue weighted by Crippen LogP contribution is -2.24. The van der Waals surface area contributed by atoms with Gasteiger partial charge in [-0.3, -0.25) is 0 Å². The van der Waals surface area contributed by atoms with E-state index in [4.69, 9.17) is 9.72 Å². The normalized spacial score (nSPS) is 15.8. The summed E-state index contributed by atoms with van der Waals surface area (Å²) in [5, 5.41) is 4.68. The maximum atomic E-state index is 5.98. The average molecular weight is 303 g/mol. The monoisotopic (exact) mass is 303 g/mol. The zero-order chi connectivity index (χ0) is 15.2. The molecule has 1 aromatic heterocycles. The molecule has 2 aromatic carbocycles. The zero-order valence-corrected chi connectivity index (χ0v) is 12.8. The van der Waals surface area contributed by atoms with Crippen LogP contribution in [0.4, 0.5) is 0 Å². The molecule has 114 valence electrons. The van der Waals surface area contributed by atoms with Gasteiger partial charge in [0.05, 0.1) is 12.6 Å². The minimum Gasteiger partial charge on any atom is -0.490 e. The fraction of sp³-hybridized carbons (Fsp3) is 0.263. The van der Waals surface area contributed by atoms with Crippen molar-refractivity contribution < 1.29 is 4.74 Å². The van der Waals surface area contributed by atoms with Crippen molar-refractivity contribution in [1.29, 1.82) is 0 Å². The van der Waals surface area contributed by atoms with Crippen molar-refractivity contribution in [1.82, 2.24) is 14.8 Å². The molecule has 3 aromatic rings. The number of hydrogen-bond acceptors (Lipinski definition) is 3. The highest BCUT2D eigenvalue weighted by Gasteiger charge is 2.23. The van der Waals surface area contributed by atoms with Gasteiger partial charge in [-0.25, -0.2) is 9.67 Å². The van der Waals surface area contributed by atoms with E-state index >= 15 is 0 Å². The summed E-state index contributed by atoms with van der Waals surface area (Å²) in [6.45, 7) is 0.802. The van der Waals surface area contributed by atoms with Gasteiger partial charge in [-0.2, -0.15) is 5.10 Å². The highest BCUT2D eigenvalue weighted by Crippen LogP contribution is 2.33. The van der Waals surface area contributed by atoms with Crippen LogP contribution in [-0.2, 0) is 6.54 Å². The molecule has 2 heterocycles. The van der Waals surface area contributed by atoms with Crippen LogP contribution in [0.2, 0.25) is 0 Å². The molecular formula is C19H17N3O. The molecule has 0 unspecified atom stereocenters. The molecule has 1 aliphatic carbocycles. The van der Waals surface area contributed by atoms with Gasteiger partial charge in [-0.05, 0) is 37.0 Å². The molecule has 0 amide bonds. The molecule has 4 nitrogen and oxygen atoms in total. The van der Waals surface area contributed by atoms with Gasteiger partial charge in [0, 0.05) is 11.1 Å². The van der Waals surface area contributed by atoms with Crippen LogP contribution in [0, 0.1) is 0 Å². The molecule has 4 heteroatoms. The number of benzene rings is 2. The Morgan fingerprint density at radius 1 is 1.04 bits per heavy atom. The summed E-state index contributed by atoms with van der Waals surface area (Å²) >= 11 is 0. The number of nitrogens with zero attached hydrogens (tertiary/aromatic N) is 3. The Labute approximate surface area is 134 Å². The van der Waals surface area contributed by atoms with Crippen LogP contribution in [0.3, 0.4) is 0 Å². The summed E-state index contributed by atoms with van der Waals surface area (Å²) in [5.41, 5.74) is 3.49. The van der Waals surface area contributed by atoms with E-state index in [0.29, 0.717) is 6.10 Å². The van der Waals surface area contributed by atoms with Crippen molar-refractivity contribution in [3.63, 3.8) is 0 Å². The van der Waals surface area contributed by atoms with Crippen molar-refractivity contribution in [2.45, 2.75) is 31.9 Å². The third-order valence-corrected chi connectivity index (χ3v) is 4.70. The summed E-state index contributed by atoms with van der Waals surface area (Å²) < 4.78 is 7.97. The van der Waals surface area contributed by atoms with E-state index in [2.05, 4.69) is 35.4 Å². The van der Waals surface area contributed by atoms with E-state index in [1.807, 2.05) is 22.9 Å². The summed E-state index contributed by atoms with van der Waals surface area (Å²) in [4.78, 5) is 4.75. The van der Waals surface area contributed by atoms with Crippen LogP contribution in [-0.4, -0.2) is 20.9 Å². The van der Waals surface area contributed by atoms with Crippen molar-refractivity contribution in [3.8, 4) is 28.5 Å². The molecule has 23 heavy (non-hydrogen) atoms. The molecule has 0 N–H and O–H groups in total. The molecule has 1 saturated carbocycles. The summed E-state index contributed by atoms with van der Waals surface area (Å²) in [7, 11) is 0. The van der Waals surface area contributed by atoms with Crippen molar-refractivity contribution in [2.24, 2.45) is 0 Å². The lowest BCUT2D eigenvalue weighted by atomic mass is 9.96. The van der Waals surface area contributed by atoms with Crippen molar-refractivity contribution in [3.05, 3.63) is 54.1 Å². The van der Waals surface area contributed by atoms with Gasteiger partial charge in [0.1, 0.15) is 5.75 Å². The van der Waals surface area contributed by atoms with Crippen LogP contribution >= 0.6 is 0 Å². The Balaban J connectivity index is 1.48. The second-order valence-corrected chi connectivity index (χ2v) is 6.27. The summed E-state index contributed by atoms with van der Waals surface area (Å²) in [5.74, 6) is 2.65. The van der Waals surface area contributed by atoms with E-state index < -0.39 is 0 Å². The van der Waals surface area contributed by atoms with E-state index in [-0.39, 0.29) is 0 Å². The zero-order valence-electron chi connectivity index (χ0n) is 12.8. The largest absolute Gasteiger partial charge is 0.490 e. The van der Waals surface area contributed by atoms with E-state index in [0.717, 1.165) is 42.3 Å². The van der Waals surface area contributed by atoms with E-state index in [1.54, 1.807) is 0 Å². The van der Waals surface area contributed by atoms with E-state index in [1.165, 1.54) is 17.5 Å². The molecule has 0 spiro atoms. The molecule has 0 bridgehead atoms. The van der Waals surface area contributed by atoms with Crippen LogP contribution in [0.25, 0.3) is 22.8 Å². The number of hydrogen-bond donors (Lipinski definition) is 0. The molecule has 0 radical (unpaired) electrons. The van der Waals surface area contributed by atoms with Gasteiger partial charge in [-0.1, -0.05) is 36.4 Å². The Bertz CT molecular complexity index is 880. The number of fused-ring (bicyclic) bond motifs is 3. The SMILES string of the molecule is c1cc(OC2CCC2)cc(-c2nc3n(n2)Cc2ccccc2-3)c1. The first-order valence-electron chi connectivity index (χ1n) is 8.17. The van der Waals surface area contributed by atoms with Gasteiger partial charge in [-0.15, -0.1) is 0 Å². The first-order valence-corrected chi connectivity index (χ1v) is 8.17. The third kappa shape index (κ3) is 2.13. The van der Waals surface area contributed by atoms with Crippen LogP contribution in [0.1, 0.15) is 24.8 Å². The number of rotatable bonds is 3. The highest BCUT2D eigenvalue weighted by molar-refractivity contribution is 5.68. The van der Waals surface area contributed by atoms with E-state index in [9.17, 15) is 0 Å². The van der Waals surface area contributed by atoms with Gasteiger partial charge < -0.3 is 4.74 Å². The molecular weight excluding hydrogens is 286 g/mol. The third-order valence-electron chi connectivity index (χ3n) is 4.70. The van der Waals surface area contributed by atoms with Crippen molar-refractivity contribution in [2.75, 3.05) is 0 Å². The summed E-state index contributed by atoms with van der Waals surface area (Å²) in [6.07, 6.45) is 3.99. The van der Waals surface area contributed by atoms with Gasteiger partial charge >= 0.3 is 0 Å². The smallest absolute Gasteiger partial charge is 0.181 e. The predicted octanol–water partition coefficient (Wildman–Crippen LogP) is 3.91. The quantitative estimate of drug-likeness (QED) is 0.576. The Hall–Kier alpha value is -2.62. The Morgan fingerprint density at radius 2 is 1.96 bits per heavy atom. The van der Waals surface area contributed by atoms with Crippen LogP contribution < -0.4 is 4.74 Å². The number of ether oxygens (including phenoxy) is 1. The second-order valence-electron chi connectivity index (χ2n) is 6.27. The van der Waals surface area contributed by atoms with Crippen LogP contribution in [0.15, 0.2) is 48.5 Å². The highest BCUT2D eigenvalue weighted by atomic mass is 16.5. The van der Waals surface area contributed by atoms with Gasteiger partial charge in [0.25, 0.3) is 0 Å². The standard InChI is InChI=1S/C19H17N3O/c1-2-10-17-14(5-1)12-22-19(17)20-18(21-22)13-6-3-9-16(11-13)23-15-7-4-8-15/h1-3,5-6,9-11,15H,4,7-8,12H2. The summed E-state index contributed by atoms with van der Waals surface area (Å²) in [6, 6.07) is 16.5. The Morgan fingerprint density at radius 3 is 2.83 bits per heavy atom. The lowest BCUT2D eigenvalue weighted by molar-refractivity contribution is 0.120. The minimum atomic E-state index is 0.386. The number of aromatic nitrogens is 3. The van der Waals surface area contributed by atoms with Crippen molar-refractivity contribution >= 4 is 0 Å². The molecule has 5 rings (SSSR count). The maximum absolute atomic E-state index is 5.98. The molecule has 0 atom stereocenters. The fourth-order valence-corrected chi connectivity index (χ4v) is 3.20. The maximum Gasteiger partial charge on any atom is 0.181 e. The molecule has 1 fully saturated rings. The topological polar surface area (TPSA) is 39.9 Å². The fourth-order valence-electron chi connectivity index (χ4n) is 3.20. The predicted molar refractivity (Wildman–Crippen MR) is 88.3 cm³/mol. The van der Waals surface area contributed by atoms with Gasteiger partial charge in [0.2, 0.25) is 0 Å². The lowest BCUT2D eigenvalue weighted by Gasteiger charge is -2.26. The first-order chi connectivity index (χ1) is 11.4. The molecule has 1 aliphatic heterocycles. The Kier molecular flexibility index (Phi) is 2.77. The average Bonchev–Trinajstić information content (AvgIpc) is 3.09. The molecule has 0 saturated heterocycles. The molecule has 2 aliphatic rings. The first kappa shape index (κ1) is 12.9. The second kappa shape index (κ2) is 4.95. The minimum absolute atomic E-state index is 0.386. The van der Waals surface area contributed by atoms with Crippen LogP contribution in [0.5, 0.6) is 5.75 Å². The van der Waals surface area contributed by atoms with Gasteiger partial charge in [0.15, 0.2) is 11.6 Å².